The fourth-order valence-electron chi connectivity index (χ4n) is 4.13. The van der Waals surface area contributed by atoms with Gasteiger partial charge in [-0.25, -0.2) is 0 Å². The van der Waals surface area contributed by atoms with Gasteiger partial charge in [-0.1, -0.05) is 29.8 Å². The van der Waals surface area contributed by atoms with Gasteiger partial charge in [-0.3, -0.25) is 19.2 Å². The number of carbonyl (C=O) groups excluding carboxylic acids is 2. The predicted octanol–water partition coefficient (Wildman–Crippen LogP) is 5.29. The maximum absolute atomic E-state index is 13.9. The zero-order chi connectivity index (χ0) is 26.5. The van der Waals surface area contributed by atoms with Gasteiger partial charge in [0.1, 0.15) is 11.8 Å². The lowest BCUT2D eigenvalue weighted by Gasteiger charge is -2.34. The molecule has 0 radical (unpaired) electrons. The monoisotopic (exact) mass is 490 g/mol. The third-order valence-corrected chi connectivity index (χ3v) is 5.73. The second-order valence-corrected chi connectivity index (χ2v) is 10.1. The Morgan fingerprint density at radius 2 is 1.67 bits per heavy atom. The van der Waals surface area contributed by atoms with Gasteiger partial charge in [0, 0.05) is 29.9 Å². The highest BCUT2D eigenvalue weighted by Gasteiger charge is 2.34. The molecule has 7 heteroatoms. The lowest BCUT2D eigenvalue weighted by Crippen LogP contribution is -2.49. The molecule has 1 heterocycles. The van der Waals surface area contributed by atoms with Crippen LogP contribution in [0.25, 0.3) is 0 Å². The number of hydrogen-bond acceptors (Lipinski definition) is 4. The molecule has 7 nitrogen and oxygen atoms in total. The maximum atomic E-state index is 13.9. The molecule has 0 aliphatic carbocycles. The molecule has 3 rings (SSSR count). The first-order chi connectivity index (χ1) is 17.0. The van der Waals surface area contributed by atoms with Crippen LogP contribution in [0.3, 0.4) is 0 Å². The number of hydrogen-bond donors (Lipinski definition) is 1. The number of amides is 2. The Balaban J connectivity index is 2.04. The van der Waals surface area contributed by atoms with Gasteiger partial charge in [0.25, 0.3) is 0 Å². The van der Waals surface area contributed by atoms with E-state index in [9.17, 15) is 9.59 Å². The average molecular weight is 491 g/mol. The number of benzene rings is 2. The Hall–Kier alpha value is -3.61. The van der Waals surface area contributed by atoms with Crippen molar-refractivity contribution in [2.75, 3.05) is 11.5 Å². The highest BCUT2D eigenvalue weighted by molar-refractivity contribution is 6.01. The predicted molar refractivity (Wildman–Crippen MR) is 143 cm³/mol. The van der Waals surface area contributed by atoms with E-state index in [-0.39, 0.29) is 18.2 Å². The van der Waals surface area contributed by atoms with Crippen LogP contribution >= 0.6 is 0 Å². The maximum Gasteiger partial charge on any atom is 0.248 e. The molecule has 2 aromatic carbocycles. The summed E-state index contributed by atoms with van der Waals surface area (Å²) >= 11 is 0. The zero-order valence-corrected chi connectivity index (χ0v) is 22.5. The summed E-state index contributed by atoms with van der Waals surface area (Å²) in [6, 6.07) is 16.2. The highest BCUT2D eigenvalue weighted by atomic mass is 16.5. The number of rotatable bonds is 9. The van der Waals surface area contributed by atoms with Crippen molar-refractivity contribution < 1.29 is 14.3 Å². The van der Waals surface area contributed by atoms with E-state index in [1.54, 1.807) is 4.90 Å². The van der Waals surface area contributed by atoms with Crippen LogP contribution in [-0.2, 0) is 16.1 Å². The minimum Gasteiger partial charge on any atom is -0.494 e. The van der Waals surface area contributed by atoms with Gasteiger partial charge in [-0.05, 0) is 84.4 Å². The second kappa shape index (κ2) is 11.4. The topological polar surface area (TPSA) is 76.5 Å². The minimum absolute atomic E-state index is 0.158. The van der Waals surface area contributed by atoms with E-state index in [0.29, 0.717) is 30.2 Å². The van der Waals surface area contributed by atoms with Gasteiger partial charge >= 0.3 is 0 Å². The van der Waals surface area contributed by atoms with Crippen LogP contribution in [0.2, 0.25) is 0 Å². The molecular formula is C29H38N4O3. The normalized spacial score (nSPS) is 12.2. The van der Waals surface area contributed by atoms with Gasteiger partial charge in [0.15, 0.2) is 0 Å². The number of carbonyl (C=O) groups is 2. The summed E-state index contributed by atoms with van der Waals surface area (Å²) in [5, 5.41) is 7.57. The first-order valence-corrected chi connectivity index (χ1v) is 12.4. The fourth-order valence-corrected chi connectivity index (χ4v) is 4.13. The molecule has 0 spiro atoms. The molecular weight excluding hydrogens is 452 g/mol. The number of anilines is 1. The van der Waals surface area contributed by atoms with Crippen LogP contribution in [0.4, 0.5) is 5.69 Å². The fraction of sp³-hybridized carbons (Fsp3) is 0.414. The van der Waals surface area contributed by atoms with Gasteiger partial charge < -0.3 is 10.1 Å². The largest absolute Gasteiger partial charge is 0.494 e. The molecule has 0 fully saturated rings. The van der Waals surface area contributed by atoms with E-state index in [4.69, 9.17) is 4.74 Å². The van der Waals surface area contributed by atoms with Crippen molar-refractivity contribution in [3.05, 3.63) is 77.1 Å². The molecule has 0 aliphatic rings. The quantitative estimate of drug-likeness (QED) is 0.442. The number of ether oxygens (including phenoxy) is 1. The van der Waals surface area contributed by atoms with Crippen LogP contribution < -0.4 is 15.0 Å². The van der Waals surface area contributed by atoms with Crippen molar-refractivity contribution in [2.24, 2.45) is 0 Å². The molecule has 3 aromatic rings. The van der Waals surface area contributed by atoms with Gasteiger partial charge in [-0.2, -0.15) is 5.10 Å². The summed E-state index contributed by atoms with van der Waals surface area (Å²) in [6.45, 7) is 14.6. The van der Waals surface area contributed by atoms with E-state index < -0.39 is 11.6 Å². The van der Waals surface area contributed by atoms with E-state index in [1.165, 1.54) is 0 Å². The number of aryl methyl sites for hydroxylation is 4. The van der Waals surface area contributed by atoms with Gasteiger partial charge in [0.05, 0.1) is 12.3 Å². The van der Waals surface area contributed by atoms with Crippen molar-refractivity contribution in [2.45, 2.75) is 73.0 Å². The van der Waals surface area contributed by atoms with Crippen molar-refractivity contribution >= 4 is 17.5 Å². The van der Waals surface area contributed by atoms with Crippen LogP contribution in [0.1, 0.15) is 62.7 Å². The molecule has 1 N–H and O–H groups in total. The van der Waals surface area contributed by atoms with E-state index in [0.717, 1.165) is 17.0 Å². The van der Waals surface area contributed by atoms with E-state index >= 15 is 0 Å². The standard InChI is InChI=1S/C29H38N4O3/c1-8-36-25-15-11-23(12-16-25)27(28(35)30-29(5,6)7)33(24-13-9-20(2)10-14-24)26(34)17-18-32-22(4)19-21(3)31-32/h9-16,19,27H,8,17-18H2,1-7H3,(H,30,35). The third-order valence-electron chi connectivity index (χ3n) is 5.73. The van der Waals surface area contributed by atoms with Crippen molar-refractivity contribution in [3.63, 3.8) is 0 Å². The molecule has 0 saturated heterocycles. The molecule has 0 aliphatic heterocycles. The molecule has 0 bridgehead atoms. The SMILES string of the molecule is CCOc1ccc(C(C(=O)NC(C)(C)C)N(C(=O)CCn2nc(C)cc2C)c2ccc(C)cc2)cc1. The molecule has 1 unspecified atom stereocenters. The zero-order valence-electron chi connectivity index (χ0n) is 22.5. The second-order valence-electron chi connectivity index (χ2n) is 10.1. The van der Waals surface area contributed by atoms with Crippen LogP contribution in [0.15, 0.2) is 54.6 Å². The average Bonchev–Trinajstić information content (AvgIpc) is 3.13. The molecule has 2 amide bonds. The summed E-state index contributed by atoms with van der Waals surface area (Å²) in [6.07, 6.45) is 0.201. The molecule has 1 aromatic heterocycles. The van der Waals surface area contributed by atoms with Crippen LogP contribution in [0, 0.1) is 20.8 Å². The lowest BCUT2D eigenvalue weighted by molar-refractivity contribution is -0.127. The number of aromatic nitrogens is 2. The summed E-state index contributed by atoms with van der Waals surface area (Å²) < 4.78 is 7.43. The number of nitrogens with zero attached hydrogens (tertiary/aromatic N) is 3. The first-order valence-electron chi connectivity index (χ1n) is 12.4. The molecule has 192 valence electrons. The van der Waals surface area contributed by atoms with Crippen molar-refractivity contribution in [1.82, 2.24) is 15.1 Å². The summed E-state index contributed by atoms with van der Waals surface area (Å²) in [5.74, 6) is 0.315. The third kappa shape index (κ3) is 6.97. The summed E-state index contributed by atoms with van der Waals surface area (Å²) in [5.41, 5.74) is 3.89. The van der Waals surface area contributed by atoms with Crippen LogP contribution in [-0.4, -0.2) is 33.7 Å². The minimum atomic E-state index is -0.851. The Bertz CT molecular complexity index is 1170. The van der Waals surface area contributed by atoms with Gasteiger partial charge in [0.2, 0.25) is 11.8 Å². The molecule has 1 atom stereocenters. The van der Waals surface area contributed by atoms with E-state index in [1.807, 2.05) is 108 Å². The first kappa shape index (κ1) is 27.0. The highest BCUT2D eigenvalue weighted by Crippen LogP contribution is 2.31. The Kier molecular flexibility index (Phi) is 8.56. The molecule has 36 heavy (non-hydrogen) atoms. The Morgan fingerprint density at radius 3 is 2.19 bits per heavy atom. The lowest BCUT2D eigenvalue weighted by atomic mass is 10.00. The van der Waals surface area contributed by atoms with Crippen molar-refractivity contribution in [1.29, 1.82) is 0 Å². The van der Waals surface area contributed by atoms with E-state index in [2.05, 4.69) is 10.4 Å². The van der Waals surface area contributed by atoms with Crippen molar-refractivity contribution in [3.8, 4) is 5.75 Å². The Labute approximate surface area is 214 Å². The summed E-state index contributed by atoms with van der Waals surface area (Å²) in [7, 11) is 0. The summed E-state index contributed by atoms with van der Waals surface area (Å²) in [4.78, 5) is 29.2. The number of nitrogens with one attached hydrogen (secondary N) is 1. The molecule has 0 saturated carbocycles. The smallest absolute Gasteiger partial charge is 0.248 e. The van der Waals surface area contributed by atoms with Gasteiger partial charge in [-0.15, -0.1) is 0 Å². The Morgan fingerprint density at radius 1 is 1.03 bits per heavy atom. The van der Waals surface area contributed by atoms with Crippen LogP contribution in [0.5, 0.6) is 5.75 Å².